The molecule has 0 aliphatic rings. The predicted molar refractivity (Wildman–Crippen MR) is 54.8 cm³/mol. The van der Waals surface area contributed by atoms with E-state index in [-0.39, 0.29) is 16.7 Å². The summed E-state index contributed by atoms with van der Waals surface area (Å²) >= 11 is 0. The Morgan fingerprint density at radius 2 is 1.80 bits per heavy atom. The summed E-state index contributed by atoms with van der Waals surface area (Å²) in [5, 5.41) is -0.105. The molecule has 0 radical (unpaired) electrons. The van der Waals surface area contributed by atoms with Crippen molar-refractivity contribution in [3.63, 3.8) is 0 Å². The number of aromatic nitrogens is 3. The number of nitrogens with two attached hydrogens (primary N) is 1. The Morgan fingerprint density at radius 1 is 1.20 bits per heavy atom. The van der Waals surface area contributed by atoms with E-state index >= 15 is 0 Å². The smallest absolute Gasteiger partial charge is 0.328 e. The van der Waals surface area contributed by atoms with E-state index in [9.17, 15) is 14.4 Å². The molecule has 0 unspecified atom stereocenters. The third-order valence-corrected chi connectivity index (χ3v) is 2.15. The van der Waals surface area contributed by atoms with Crippen molar-refractivity contribution in [2.45, 2.75) is 0 Å². The van der Waals surface area contributed by atoms with Crippen molar-refractivity contribution in [1.82, 2.24) is 14.5 Å². The summed E-state index contributed by atoms with van der Waals surface area (Å²) in [6, 6.07) is 1.37. The van der Waals surface area contributed by atoms with Crippen LogP contribution in [-0.4, -0.2) is 14.5 Å². The lowest BCUT2D eigenvalue weighted by molar-refractivity contribution is 0.840. The van der Waals surface area contributed by atoms with Gasteiger partial charge in [-0.1, -0.05) is 0 Å². The number of nitrogen functional groups attached to an aromatic ring is 1. The van der Waals surface area contributed by atoms with Gasteiger partial charge in [0.2, 0.25) is 0 Å². The largest absolute Gasteiger partial charge is 0.385 e. The number of aromatic amines is 2. The Bertz CT molecular complexity index is 706. The molecule has 0 atom stereocenters. The van der Waals surface area contributed by atoms with E-state index in [0.29, 0.717) is 0 Å². The maximum atomic E-state index is 11.4. The Balaban J connectivity index is 3.25. The summed E-state index contributed by atoms with van der Waals surface area (Å²) in [6.45, 7) is 0. The van der Waals surface area contributed by atoms with Crippen LogP contribution in [0.4, 0.5) is 5.82 Å². The minimum Gasteiger partial charge on any atom is -0.385 e. The Hall–Kier alpha value is -2.31. The first-order chi connectivity index (χ1) is 7.00. The fraction of sp³-hybridized carbons (Fsp3) is 0.125. The average Bonchev–Trinajstić information content (AvgIpc) is 2.12. The van der Waals surface area contributed by atoms with Gasteiger partial charge in [0.1, 0.15) is 11.2 Å². The molecule has 2 aromatic rings. The Morgan fingerprint density at radius 3 is 2.47 bits per heavy atom. The highest BCUT2D eigenvalue weighted by Crippen LogP contribution is 2.03. The molecule has 0 saturated carbocycles. The zero-order chi connectivity index (χ0) is 11.2. The lowest BCUT2D eigenvalue weighted by Gasteiger charge is -2.03. The third-order valence-electron chi connectivity index (χ3n) is 2.15. The van der Waals surface area contributed by atoms with E-state index < -0.39 is 16.8 Å². The Kier molecular flexibility index (Phi) is 1.75. The van der Waals surface area contributed by atoms with Crippen LogP contribution < -0.4 is 22.5 Å². The van der Waals surface area contributed by atoms with Crippen LogP contribution in [0.2, 0.25) is 0 Å². The molecule has 7 nitrogen and oxygen atoms in total. The molecule has 0 bridgehead atoms. The molecule has 4 N–H and O–H groups in total. The van der Waals surface area contributed by atoms with Crippen LogP contribution in [0.15, 0.2) is 20.4 Å². The normalized spacial score (nSPS) is 10.7. The van der Waals surface area contributed by atoms with Gasteiger partial charge in [0, 0.05) is 13.1 Å². The monoisotopic (exact) mass is 208 g/mol. The molecule has 2 heterocycles. The van der Waals surface area contributed by atoms with E-state index in [1.807, 2.05) is 4.98 Å². The van der Waals surface area contributed by atoms with Crippen LogP contribution in [0.3, 0.4) is 0 Å². The molecule has 0 fully saturated rings. The molecule has 15 heavy (non-hydrogen) atoms. The summed E-state index contributed by atoms with van der Waals surface area (Å²) in [5.41, 5.74) is 3.71. The fourth-order valence-corrected chi connectivity index (χ4v) is 1.40. The van der Waals surface area contributed by atoms with Crippen LogP contribution in [0.25, 0.3) is 10.9 Å². The van der Waals surface area contributed by atoms with Crippen LogP contribution in [0.1, 0.15) is 0 Å². The van der Waals surface area contributed by atoms with Gasteiger partial charge in [0.15, 0.2) is 0 Å². The van der Waals surface area contributed by atoms with Gasteiger partial charge in [-0.15, -0.1) is 0 Å². The first-order valence-electron chi connectivity index (χ1n) is 4.12. The molecule has 78 valence electrons. The van der Waals surface area contributed by atoms with Gasteiger partial charge in [-0.05, 0) is 0 Å². The molecule has 0 saturated heterocycles. The molecule has 2 rings (SSSR count). The Labute approximate surface area is 82.2 Å². The summed E-state index contributed by atoms with van der Waals surface area (Å²) in [4.78, 5) is 38.3. The van der Waals surface area contributed by atoms with Crippen molar-refractivity contribution >= 4 is 16.7 Å². The van der Waals surface area contributed by atoms with Gasteiger partial charge in [-0.2, -0.15) is 0 Å². The second kappa shape index (κ2) is 2.84. The minimum atomic E-state index is -0.714. The van der Waals surface area contributed by atoms with E-state index in [4.69, 9.17) is 5.73 Å². The van der Waals surface area contributed by atoms with Crippen molar-refractivity contribution in [3.05, 3.63) is 37.3 Å². The van der Waals surface area contributed by atoms with Crippen molar-refractivity contribution in [1.29, 1.82) is 0 Å². The fourth-order valence-electron chi connectivity index (χ4n) is 1.40. The topological polar surface area (TPSA) is 114 Å². The lowest BCUT2D eigenvalue weighted by Crippen LogP contribution is -2.32. The van der Waals surface area contributed by atoms with Gasteiger partial charge in [-0.3, -0.25) is 19.1 Å². The molecule has 0 spiro atoms. The highest BCUT2D eigenvalue weighted by atomic mass is 16.2. The quantitative estimate of drug-likeness (QED) is 0.488. The predicted octanol–water partition coefficient (Wildman–Crippen LogP) is -1.50. The summed E-state index contributed by atoms with van der Waals surface area (Å²) < 4.78 is 1.16. The number of fused-ring (bicyclic) bond motifs is 1. The number of H-pyrrole nitrogens is 2. The molecule has 0 aliphatic carbocycles. The number of anilines is 1. The van der Waals surface area contributed by atoms with E-state index in [1.165, 1.54) is 13.1 Å². The van der Waals surface area contributed by atoms with Gasteiger partial charge in [0.25, 0.3) is 11.1 Å². The number of aryl methyl sites for hydroxylation is 1. The van der Waals surface area contributed by atoms with Crippen molar-refractivity contribution in [2.75, 3.05) is 5.73 Å². The number of pyridine rings is 1. The first-order valence-corrected chi connectivity index (χ1v) is 4.12. The van der Waals surface area contributed by atoms with Gasteiger partial charge >= 0.3 is 5.69 Å². The first kappa shape index (κ1) is 9.25. The molecule has 0 aliphatic heterocycles. The molecule has 0 aromatic carbocycles. The van der Waals surface area contributed by atoms with Crippen LogP contribution in [-0.2, 0) is 7.05 Å². The zero-order valence-electron chi connectivity index (χ0n) is 7.83. The van der Waals surface area contributed by atoms with Gasteiger partial charge < -0.3 is 10.7 Å². The average molecular weight is 208 g/mol. The standard InChI is InChI=1S/C8H8N4O3/c1-12-3-2-4(9)10-6(13)5(3)7(14)11-8(12)15/h2H,1H3,(H3,9,10,13)(H,11,14,15). The number of hydrogen-bond acceptors (Lipinski definition) is 4. The molecular weight excluding hydrogens is 200 g/mol. The van der Waals surface area contributed by atoms with E-state index in [0.717, 1.165) is 4.57 Å². The minimum absolute atomic E-state index is 0.105. The molecule has 0 amide bonds. The molecular formula is C8H8N4O3. The van der Waals surface area contributed by atoms with Crippen molar-refractivity contribution in [2.24, 2.45) is 7.05 Å². The highest BCUT2D eigenvalue weighted by Gasteiger charge is 2.08. The van der Waals surface area contributed by atoms with Crippen molar-refractivity contribution < 1.29 is 0 Å². The van der Waals surface area contributed by atoms with Gasteiger partial charge in [-0.25, -0.2) is 4.79 Å². The third kappa shape index (κ3) is 1.25. The lowest BCUT2D eigenvalue weighted by atomic mass is 10.3. The number of nitrogens with one attached hydrogen (secondary N) is 2. The molecule has 2 aromatic heterocycles. The molecule has 7 heteroatoms. The SMILES string of the molecule is Cn1c(=O)[nH]c(=O)c2c(=O)[nH]c(N)cc21. The van der Waals surface area contributed by atoms with Crippen LogP contribution >= 0.6 is 0 Å². The second-order valence-corrected chi connectivity index (χ2v) is 3.13. The zero-order valence-corrected chi connectivity index (χ0v) is 7.83. The van der Waals surface area contributed by atoms with Crippen LogP contribution in [0, 0.1) is 0 Å². The second-order valence-electron chi connectivity index (χ2n) is 3.13. The van der Waals surface area contributed by atoms with E-state index in [2.05, 4.69) is 4.98 Å². The van der Waals surface area contributed by atoms with E-state index in [1.54, 1.807) is 0 Å². The maximum absolute atomic E-state index is 11.4. The number of hydrogen-bond donors (Lipinski definition) is 3. The highest BCUT2D eigenvalue weighted by molar-refractivity contribution is 5.78. The van der Waals surface area contributed by atoms with Gasteiger partial charge in [0.05, 0.1) is 5.52 Å². The van der Waals surface area contributed by atoms with Crippen molar-refractivity contribution in [3.8, 4) is 0 Å². The summed E-state index contributed by atoms with van der Waals surface area (Å²) in [5.74, 6) is 0.105. The summed E-state index contributed by atoms with van der Waals surface area (Å²) in [7, 11) is 1.44. The number of rotatable bonds is 0. The van der Waals surface area contributed by atoms with Crippen LogP contribution in [0.5, 0.6) is 0 Å². The summed E-state index contributed by atoms with van der Waals surface area (Å²) in [6.07, 6.45) is 0. The number of nitrogens with zero attached hydrogens (tertiary/aromatic N) is 1. The maximum Gasteiger partial charge on any atom is 0.328 e.